The van der Waals surface area contributed by atoms with Gasteiger partial charge in [0.15, 0.2) is 0 Å². The van der Waals surface area contributed by atoms with Crippen LogP contribution in [0.5, 0.6) is 0 Å². The molecule has 4 nitrogen and oxygen atoms in total. The number of ether oxygens (including phenoxy) is 1. The van der Waals surface area contributed by atoms with E-state index in [1.54, 1.807) is 12.2 Å². The van der Waals surface area contributed by atoms with Crippen molar-refractivity contribution in [1.29, 1.82) is 0 Å². The smallest absolute Gasteiger partial charge is 0.310 e. The lowest BCUT2D eigenvalue weighted by molar-refractivity contribution is -0.153. The van der Waals surface area contributed by atoms with Crippen LogP contribution in [0.4, 0.5) is 0 Å². The first kappa shape index (κ1) is 11.8. The summed E-state index contributed by atoms with van der Waals surface area (Å²) in [6.45, 7) is 5.79. The second-order valence-corrected chi connectivity index (χ2v) is 4.47. The monoisotopic (exact) mass is 210 g/mol. The van der Waals surface area contributed by atoms with Gasteiger partial charge in [0.1, 0.15) is 5.60 Å². The number of rotatable bonds is 2. The van der Waals surface area contributed by atoms with E-state index in [1.807, 2.05) is 20.8 Å². The highest BCUT2D eigenvalue weighted by atomic mass is 16.6. The molecular formula is C11H16NO3-. The summed E-state index contributed by atoms with van der Waals surface area (Å²) < 4.78 is 5.14. The molecule has 0 fully saturated rings. The van der Waals surface area contributed by atoms with Crippen LogP contribution in [-0.2, 0) is 9.53 Å². The number of hydrogen-bond donors (Lipinski definition) is 0. The number of hydrogen-bond acceptors (Lipinski definition) is 4. The zero-order chi connectivity index (χ0) is 11.5. The van der Waals surface area contributed by atoms with E-state index in [1.165, 1.54) is 6.20 Å². The Bertz CT molecular complexity index is 299. The third kappa shape index (κ3) is 4.65. The lowest BCUT2D eigenvalue weighted by atomic mass is 10.1. The number of carbonyl (C=O) groups is 1. The first-order chi connectivity index (χ1) is 6.87. The third-order valence-electron chi connectivity index (χ3n) is 1.70. The van der Waals surface area contributed by atoms with Gasteiger partial charge in [-0.15, -0.1) is 0 Å². The predicted molar refractivity (Wildman–Crippen MR) is 57.8 cm³/mol. The van der Waals surface area contributed by atoms with Crippen molar-refractivity contribution < 1.29 is 9.53 Å². The quantitative estimate of drug-likeness (QED) is 0.654. The van der Waals surface area contributed by atoms with Crippen LogP contribution < -0.4 is 0 Å². The second-order valence-electron chi connectivity index (χ2n) is 4.47. The van der Waals surface area contributed by atoms with Gasteiger partial charge < -0.3 is 15.0 Å². The van der Waals surface area contributed by atoms with Crippen LogP contribution in [-0.4, -0.2) is 23.2 Å². The van der Waals surface area contributed by atoms with E-state index in [2.05, 4.69) is 0 Å². The predicted octanol–water partition coefficient (Wildman–Crippen LogP) is 1.97. The van der Waals surface area contributed by atoms with E-state index in [0.717, 1.165) is 5.06 Å². The molecule has 0 aromatic heterocycles. The summed E-state index contributed by atoms with van der Waals surface area (Å²) in [5.41, 5.74) is 0.207. The van der Waals surface area contributed by atoms with Crippen molar-refractivity contribution in [2.45, 2.75) is 32.8 Å². The average molecular weight is 210 g/mol. The third-order valence-corrected chi connectivity index (χ3v) is 1.70. The standard InChI is InChI=1S/C11H16NO3/c1-11(2,3)15-10(13)7-9-5-4-6-12(14)8-9/h4-5,8H,6-7H2,1-3H3/q-1. The Hall–Kier alpha value is -1.29. The van der Waals surface area contributed by atoms with E-state index in [0.29, 0.717) is 12.1 Å². The fourth-order valence-electron chi connectivity index (χ4n) is 1.24. The van der Waals surface area contributed by atoms with E-state index < -0.39 is 5.60 Å². The van der Waals surface area contributed by atoms with Gasteiger partial charge in [0.05, 0.1) is 6.42 Å². The SMILES string of the molecule is CC(C)(C)OC(=O)CC1=CN([O-])CC=C1. The summed E-state index contributed by atoms with van der Waals surface area (Å²) in [5.74, 6) is -0.311. The van der Waals surface area contributed by atoms with Crippen molar-refractivity contribution >= 4 is 5.97 Å². The maximum absolute atomic E-state index is 11.4. The maximum Gasteiger partial charge on any atom is 0.310 e. The molecule has 0 spiro atoms. The second kappa shape index (κ2) is 4.49. The highest BCUT2D eigenvalue weighted by Gasteiger charge is 2.17. The molecule has 0 saturated carbocycles. The minimum Gasteiger partial charge on any atom is -0.758 e. The van der Waals surface area contributed by atoms with E-state index >= 15 is 0 Å². The molecule has 84 valence electrons. The van der Waals surface area contributed by atoms with Gasteiger partial charge in [0.2, 0.25) is 0 Å². The minimum absolute atomic E-state index is 0.145. The molecule has 0 atom stereocenters. The van der Waals surface area contributed by atoms with E-state index in [4.69, 9.17) is 4.74 Å². The number of esters is 1. The molecular weight excluding hydrogens is 194 g/mol. The first-order valence-corrected chi connectivity index (χ1v) is 4.90. The van der Waals surface area contributed by atoms with Crippen LogP contribution in [0.2, 0.25) is 0 Å². The van der Waals surface area contributed by atoms with Gasteiger partial charge in [-0.05, 0) is 32.5 Å². The Morgan fingerprint density at radius 2 is 2.27 bits per heavy atom. The van der Waals surface area contributed by atoms with Crippen molar-refractivity contribution in [3.05, 3.63) is 29.1 Å². The molecule has 0 bridgehead atoms. The minimum atomic E-state index is -0.479. The highest BCUT2D eigenvalue weighted by Crippen LogP contribution is 2.14. The Morgan fingerprint density at radius 1 is 1.60 bits per heavy atom. The van der Waals surface area contributed by atoms with Gasteiger partial charge in [-0.1, -0.05) is 12.2 Å². The molecule has 1 aliphatic heterocycles. The maximum atomic E-state index is 11.4. The van der Waals surface area contributed by atoms with Gasteiger partial charge in [-0.25, -0.2) is 0 Å². The Kier molecular flexibility index (Phi) is 3.52. The summed E-state index contributed by atoms with van der Waals surface area (Å²) in [5, 5.41) is 11.8. The first-order valence-electron chi connectivity index (χ1n) is 4.90. The van der Waals surface area contributed by atoms with Crippen molar-refractivity contribution in [3.63, 3.8) is 0 Å². The molecule has 1 heterocycles. The summed E-state index contributed by atoms with van der Waals surface area (Å²) in [7, 11) is 0. The summed E-state index contributed by atoms with van der Waals surface area (Å²) >= 11 is 0. The fourth-order valence-corrected chi connectivity index (χ4v) is 1.24. The molecule has 4 heteroatoms. The summed E-state index contributed by atoms with van der Waals surface area (Å²) in [6.07, 6.45) is 5.07. The lowest BCUT2D eigenvalue weighted by Crippen LogP contribution is -2.24. The number of carbonyl (C=O) groups excluding carboxylic acids is 1. The molecule has 0 unspecified atom stereocenters. The van der Waals surface area contributed by atoms with Crippen LogP contribution in [0.15, 0.2) is 23.9 Å². The lowest BCUT2D eigenvalue weighted by Gasteiger charge is -2.28. The van der Waals surface area contributed by atoms with Crippen LogP contribution >= 0.6 is 0 Å². The Morgan fingerprint density at radius 3 is 2.80 bits per heavy atom. The summed E-state index contributed by atoms with van der Waals surface area (Å²) in [4.78, 5) is 11.4. The molecule has 0 radical (unpaired) electrons. The molecule has 15 heavy (non-hydrogen) atoms. The molecule has 1 rings (SSSR count). The van der Waals surface area contributed by atoms with Crippen LogP contribution in [0, 0.1) is 5.21 Å². The molecule has 0 saturated heterocycles. The normalized spacial score (nSPS) is 16.3. The van der Waals surface area contributed by atoms with Crippen LogP contribution in [0.3, 0.4) is 0 Å². The Labute approximate surface area is 89.8 Å². The molecule has 0 N–H and O–H groups in total. The molecule has 0 aliphatic carbocycles. The zero-order valence-electron chi connectivity index (χ0n) is 9.32. The summed E-state index contributed by atoms with van der Waals surface area (Å²) in [6, 6.07) is 0. The van der Waals surface area contributed by atoms with Gasteiger partial charge in [0, 0.05) is 6.54 Å². The van der Waals surface area contributed by atoms with Crippen molar-refractivity contribution in [2.75, 3.05) is 6.54 Å². The van der Waals surface area contributed by atoms with E-state index in [9.17, 15) is 10.0 Å². The Balaban J connectivity index is 2.48. The van der Waals surface area contributed by atoms with Crippen molar-refractivity contribution in [2.24, 2.45) is 0 Å². The molecule has 0 aromatic rings. The van der Waals surface area contributed by atoms with Gasteiger partial charge in [-0.3, -0.25) is 4.79 Å². The molecule has 0 amide bonds. The number of hydroxylamine groups is 2. The topological polar surface area (TPSA) is 52.6 Å². The van der Waals surface area contributed by atoms with E-state index in [-0.39, 0.29) is 12.4 Å². The molecule has 0 aromatic carbocycles. The number of allylic oxidation sites excluding steroid dienone is 1. The largest absolute Gasteiger partial charge is 0.758 e. The van der Waals surface area contributed by atoms with Gasteiger partial charge >= 0.3 is 5.97 Å². The van der Waals surface area contributed by atoms with Crippen LogP contribution in [0.1, 0.15) is 27.2 Å². The average Bonchev–Trinajstić information content (AvgIpc) is 1.99. The van der Waals surface area contributed by atoms with Crippen molar-refractivity contribution in [1.82, 2.24) is 5.06 Å². The highest BCUT2D eigenvalue weighted by molar-refractivity contribution is 5.73. The van der Waals surface area contributed by atoms with Crippen molar-refractivity contribution in [3.8, 4) is 0 Å². The van der Waals surface area contributed by atoms with Gasteiger partial charge in [-0.2, -0.15) is 0 Å². The zero-order valence-corrected chi connectivity index (χ0v) is 9.32. The van der Waals surface area contributed by atoms with Crippen LogP contribution in [0.25, 0.3) is 0 Å². The van der Waals surface area contributed by atoms with Gasteiger partial charge in [0.25, 0.3) is 0 Å². The fraction of sp³-hybridized carbons (Fsp3) is 0.545. The molecule has 1 aliphatic rings. The number of nitrogens with zero attached hydrogens (tertiary/aromatic N) is 1.